The van der Waals surface area contributed by atoms with E-state index in [1.165, 1.54) is 0 Å². The Hall–Kier alpha value is -0.910. The van der Waals surface area contributed by atoms with Gasteiger partial charge in [-0.25, -0.2) is 9.59 Å². The molecule has 6 heteroatoms. The summed E-state index contributed by atoms with van der Waals surface area (Å²) in [5.41, 5.74) is 0. The Morgan fingerprint density at radius 3 is 2.60 bits per heavy atom. The zero-order chi connectivity index (χ0) is 11.5. The van der Waals surface area contributed by atoms with E-state index in [1.807, 2.05) is 6.92 Å². The average Bonchev–Trinajstić information content (AvgIpc) is 2.22. The minimum Gasteiger partial charge on any atom is -0.458 e. The highest BCUT2D eigenvalue weighted by atomic mass is 32.2. The van der Waals surface area contributed by atoms with Crippen molar-refractivity contribution in [3.05, 3.63) is 0 Å². The Kier molecular flexibility index (Phi) is 9.05. The molecule has 0 rings (SSSR count). The lowest BCUT2D eigenvalue weighted by Crippen LogP contribution is -2.26. The van der Waals surface area contributed by atoms with E-state index in [0.29, 0.717) is 25.5 Å². The number of alkyl carbamates (subject to hydrolysis) is 1. The van der Waals surface area contributed by atoms with E-state index in [0.717, 1.165) is 18.2 Å². The first-order valence-corrected chi connectivity index (χ1v) is 5.89. The number of rotatable bonds is 6. The molecule has 0 spiro atoms. The third-order valence-corrected chi connectivity index (χ3v) is 2.05. The number of carbonyl (C=O) groups is 2. The first kappa shape index (κ1) is 14.1. The van der Waals surface area contributed by atoms with E-state index in [4.69, 9.17) is 4.74 Å². The Labute approximate surface area is 93.9 Å². The number of thioether (sulfide) groups is 1. The maximum absolute atomic E-state index is 11.0. The molecule has 0 radical (unpaired) electrons. The van der Waals surface area contributed by atoms with Crippen LogP contribution < -0.4 is 5.32 Å². The lowest BCUT2D eigenvalue weighted by Gasteiger charge is -2.04. The fraction of sp³-hybridized carbons (Fsp3) is 0.778. The van der Waals surface area contributed by atoms with E-state index in [-0.39, 0.29) is 5.30 Å². The molecule has 0 aromatic carbocycles. The first-order valence-electron chi connectivity index (χ1n) is 4.90. The molecule has 0 aromatic heterocycles. The van der Waals surface area contributed by atoms with Gasteiger partial charge in [0.2, 0.25) is 0 Å². The standard InChI is InChI=1S/C9H17NO4S/c1-3-6-14-9(12)15-7-5-10-8(11)13-4-2/h3-7H2,1-2H3,(H,10,11). The Morgan fingerprint density at radius 1 is 1.27 bits per heavy atom. The Bertz CT molecular complexity index is 199. The van der Waals surface area contributed by atoms with Crippen LogP contribution in [0.1, 0.15) is 20.3 Å². The molecule has 0 aliphatic carbocycles. The van der Waals surface area contributed by atoms with Crippen LogP contribution in [0.5, 0.6) is 0 Å². The monoisotopic (exact) mass is 235 g/mol. The first-order chi connectivity index (χ1) is 7.20. The van der Waals surface area contributed by atoms with Crippen LogP contribution in [0.3, 0.4) is 0 Å². The van der Waals surface area contributed by atoms with Crippen molar-refractivity contribution in [2.75, 3.05) is 25.5 Å². The van der Waals surface area contributed by atoms with E-state index >= 15 is 0 Å². The molecular formula is C9H17NO4S. The summed E-state index contributed by atoms with van der Waals surface area (Å²) in [6, 6.07) is 0. The van der Waals surface area contributed by atoms with Gasteiger partial charge in [0.15, 0.2) is 0 Å². The molecule has 0 saturated heterocycles. The molecule has 0 aromatic rings. The molecule has 0 unspecified atom stereocenters. The summed E-state index contributed by atoms with van der Waals surface area (Å²) in [7, 11) is 0. The summed E-state index contributed by atoms with van der Waals surface area (Å²) >= 11 is 1.05. The fourth-order valence-corrected chi connectivity index (χ4v) is 1.23. The third-order valence-electron chi connectivity index (χ3n) is 1.29. The lowest BCUT2D eigenvalue weighted by molar-refractivity contribution is 0.153. The van der Waals surface area contributed by atoms with Crippen LogP contribution in [0, 0.1) is 0 Å². The van der Waals surface area contributed by atoms with Crippen molar-refractivity contribution >= 4 is 23.2 Å². The second-order valence-electron chi connectivity index (χ2n) is 2.59. The van der Waals surface area contributed by atoms with Gasteiger partial charge < -0.3 is 14.8 Å². The number of hydrogen-bond acceptors (Lipinski definition) is 5. The van der Waals surface area contributed by atoms with Crippen molar-refractivity contribution in [3.8, 4) is 0 Å². The second kappa shape index (κ2) is 9.64. The lowest BCUT2D eigenvalue weighted by atomic mass is 10.5. The quantitative estimate of drug-likeness (QED) is 0.563. The van der Waals surface area contributed by atoms with Crippen LogP contribution in [0.2, 0.25) is 0 Å². The molecule has 0 aliphatic heterocycles. The summed E-state index contributed by atoms with van der Waals surface area (Å²) in [5, 5.41) is 2.20. The van der Waals surface area contributed by atoms with Crippen molar-refractivity contribution in [1.82, 2.24) is 5.32 Å². The highest BCUT2D eigenvalue weighted by Crippen LogP contribution is 2.04. The van der Waals surface area contributed by atoms with Gasteiger partial charge in [-0.05, 0) is 25.1 Å². The molecule has 1 N–H and O–H groups in total. The highest BCUT2D eigenvalue weighted by molar-refractivity contribution is 8.13. The van der Waals surface area contributed by atoms with E-state index in [2.05, 4.69) is 10.1 Å². The normalized spacial score (nSPS) is 9.47. The Morgan fingerprint density at radius 2 is 2.00 bits per heavy atom. The van der Waals surface area contributed by atoms with Gasteiger partial charge in [-0.2, -0.15) is 0 Å². The molecule has 0 saturated carbocycles. The molecule has 0 fully saturated rings. The van der Waals surface area contributed by atoms with Gasteiger partial charge >= 0.3 is 11.4 Å². The maximum Gasteiger partial charge on any atom is 0.407 e. The summed E-state index contributed by atoms with van der Waals surface area (Å²) < 4.78 is 9.46. The number of carbonyl (C=O) groups excluding carboxylic acids is 2. The van der Waals surface area contributed by atoms with Gasteiger partial charge in [0.25, 0.3) is 0 Å². The number of hydrogen-bond donors (Lipinski definition) is 1. The van der Waals surface area contributed by atoms with E-state index in [9.17, 15) is 9.59 Å². The molecular weight excluding hydrogens is 218 g/mol. The van der Waals surface area contributed by atoms with Gasteiger partial charge in [0.05, 0.1) is 13.2 Å². The molecule has 1 amide bonds. The Balaban J connectivity index is 3.30. The van der Waals surface area contributed by atoms with Crippen molar-refractivity contribution in [1.29, 1.82) is 0 Å². The molecule has 0 atom stereocenters. The molecule has 88 valence electrons. The van der Waals surface area contributed by atoms with Crippen LogP contribution in [0.4, 0.5) is 9.59 Å². The van der Waals surface area contributed by atoms with Crippen LogP contribution >= 0.6 is 11.8 Å². The zero-order valence-corrected chi connectivity index (χ0v) is 9.89. The van der Waals surface area contributed by atoms with Crippen molar-refractivity contribution < 1.29 is 19.1 Å². The van der Waals surface area contributed by atoms with Crippen molar-refractivity contribution in [2.45, 2.75) is 20.3 Å². The summed E-state index contributed by atoms with van der Waals surface area (Å²) in [4.78, 5) is 21.8. The minimum absolute atomic E-state index is 0.303. The van der Waals surface area contributed by atoms with Crippen molar-refractivity contribution in [2.24, 2.45) is 0 Å². The maximum atomic E-state index is 11.0. The third kappa shape index (κ3) is 9.40. The second-order valence-corrected chi connectivity index (χ2v) is 3.62. The minimum atomic E-state index is -0.458. The zero-order valence-electron chi connectivity index (χ0n) is 9.08. The topological polar surface area (TPSA) is 64.6 Å². The van der Waals surface area contributed by atoms with Gasteiger partial charge in [-0.3, -0.25) is 0 Å². The van der Waals surface area contributed by atoms with Gasteiger partial charge in [0.1, 0.15) is 0 Å². The SMILES string of the molecule is CCCOC(=O)SCCNC(=O)OCC. The van der Waals surface area contributed by atoms with Gasteiger partial charge in [-0.15, -0.1) is 0 Å². The van der Waals surface area contributed by atoms with Gasteiger partial charge in [-0.1, -0.05) is 6.92 Å². The summed E-state index contributed by atoms with van der Waals surface area (Å²) in [6.45, 7) is 4.84. The predicted molar refractivity (Wildman–Crippen MR) is 59.1 cm³/mol. The molecule has 5 nitrogen and oxygen atoms in total. The van der Waals surface area contributed by atoms with Crippen LogP contribution in [-0.4, -0.2) is 36.9 Å². The van der Waals surface area contributed by atoms with Crippen LogP contribution in [0.25, 0.3) is 0 Å². The van der Waals surface area contributed by atoms with Crippen LogP contribution in [-0.2, 0) is 9.47 Å². The van der Waals surface area contributed by atoms with E-state index < -0.39 is 6.09 Å². The highest BCUT2D eigenvalue weighted by Gasteiger charge is 2.03. The molecule has 0 bridgehead atoms. The number of ether oxygens (including phenoxy) is 2. The van der Waals surface area contributed by atoms with Crippen LogP contribution in [0.15, 0.2) is 0 Å². The van der Waals surface area contributed by atoms with Crippen molar-refractivity contribution in [3.63, 3.8) is 0 Å². The molecule has 15 heavy (non-hydrogen) atoms. The predicted octanol–water partition coefficient (Wildman–Crippen LogP) is 2.01. The smallest absolute Gasteiger partial charge is 0.407 e. The number of nitrogens with one attached hydrogen (secondary N) is 1. The summed E-state index contributed by atoms with van der Waals surface area (Å²) in [6.07, 6.45) is 0.355. The summed E-state index contributed by atoms with van der Waals surface area (Å²) in [5.74, 6) is 0.487. The largest absolute Gasteiger partial charge is 0.458 e. The van der Waals surface area contributed by atoms with Gasteiger partial charge in [0, 0.05) is 12.3 Å². The average molecular weight is 235 g/mol. The fourth-order valence-electron chi connectivity index (χ4n) is 0.697. The van der Waals surface area contributed by atoms with E-state index in [1.54, 1.807) is 6.92 Å². The molecule has 0 heterocycles. The molecule has 0 aliphatic rings. The number of amides is 1.